The highest BCUT2D eigenvalue weighted by Crippen LogP contribution is 2.28. The Kier molecular flexibility index (Phi) is 2.43. The summed E-state index contributed by atoms with van der Waals surface area (Å²) >= 11 is 0. The minimum Gasteiger partial charge on any atom is -0.362 e. The van der Waals surface area contributed by atoms with Crippen LogP contribution in [0.1, 0.15) is 17.0 Å². The van der Waals surface area contributed by atoms with Gasteiger partial charge in [0, 0.05) is 34.1 Å². The molecule has 0 atom stereocenters. The highest BCUT2D eigenvalue weighted by molar-refractivity contribution is 6.08. The van der Waals surface area contributed by atoms with Crippen LogP contribution in [0, 0.1) is 6.92 Å². The average Bonchev–Trinajstić information content (AvgIpc) is 3.03. The third-order valence-corrected chi connectivity index (χ3v) is 3.90. The molecule has 0 aliphatic carbocycles. The average molecular weight is 260 g/mol. The van der Waals surface area contributed by atoms with E-state index in [1.807, 2.05) is 0 Å². The fourth-order valence-corrected chi connectivity index (χ4v) is 2.95. The Balaban J connectivity index is 1.91. The summed E-state index contributed by atoms with van der Waals surface area (Å²) in [6.07, 6.45) is 0.929. The number of aryl methyl sites for hydroxylation is 1. The summed E-state index contributed by atoms with van der Waals surface area (Å²) in [7, 11) is 0. The number of aromatic nitrogens is 2. The Labute approximate surface area is 117 Å². The highest BCUT2D eigenvalue weighted by Gasteiger charge is 2.08. The fraction of sp³-hybridized carbons (Fsp3) is 0.111. The summed E-state index contributed by atoms with van der Waals surface area (Å²) in [5.41, 5.74) is 6.26. The molecule has 0 aliphatic heterocycles. The van der Waals surface area contributed by atoms with E-state index >= 15 is 0 Å². The minimum absolute atomic E-state index is 0.929. The second-order valence-electron chi connectivity index (χ2n) is 5.35. The molecular formula is C18H16N2. The molecule has 0 spiro atoms. The van der Waals surface area contributed by atoms with Gasteiger partial charge in [-0.3, -0.25) is 0 Å². The van der Waals surface area contributed by atoms with Crippen molar-refractivity contribution in [3.8, 4) is 0 Å². The molecule has 98 valence electrons. The second-order valence-corrected chi connectivity index (χ2v) is 5.35. The normalized spacial score (nSPS) is 11.4. The molecule has 0 aliphatic rings. The quantitative estimate of drug-likeness (QED) is 0.530. The van der Waals surface area contributed by atoms with Crippen LogP contribution in [0.15, 0.2) is 54.6 Å². The van der Waals surface area contributed by atoms with Crippen LogP contribution in [-0.2, 0) is 6.42 Å². The lowest BCUT2D eigenvalue weighted by Crippen LogP contribution is -1.90. The van der Waals surface area contributed by atoms with Gasteiger partial charge in [0.05, 0.1) is 5.52 Å². The number of hydrogen-bond acceptors (Lipinski definition) is 0. The van der Waals surface area contributed by atoms with Crippen LogP contribution < -0.4 is 0 Å². The summed E-state index contributed by atoms with van der Waals surface area (Å²) in [4.78, 5) is 6.97. The highest BCUT2D eigenvalue weighted by atomic mass is 14.7. The van der Waals surface area contributed by atoms with E-state index in [9.17, 15) is 0 Å². The third-order valence-electron chi connectivity index (χ3n) is 3.90. The summed E-state index contributed by atoms with van der Waals surface area (Å²) < 4.78 is 0. The molecule has 2 nitrogen and oxygen atoms in total. The molecule has 2 heterocycles. The van der Waals surface area contributed by atoms with Crippen LogP contribution >= 0.6 is 0 Å². The second kappa shape index (κ2) is 4.27. The van der Waals surface area contributed by atoms with E-state index in [-0.39, 0.29) is 0 Å². The van der Waals surface area contributed by atoms with E-state index in [1.54, 1.807) is 0 Å². The molecule has 2 heteroatoms. The summed E-state index contributed by atoms with van der Waals surface area (Å²) in [6, 6.07) is 19.3. The Hall–Kier alpha value is -2.48. The first-order valence-corrected chi connectivity index (χ1v) is 6.94. The van der Waals surface area contributed by atoms with Crippen molar-refractivity contribution in [2.45, 2.75) is 13.3 Å². The van der Waals surface area contributed by atoms with E-state index in [1.165, 1.54) is 38.8 Å². The molecule has 20 heavy (non-hydrogen) atoms. The predicted octanol–water partition coefficient (Wildman–Crippen LogP) is 4.55. The van der Waals surface area contributed by atoms with Gasteiger partial charge in [-0.05, 0) is 30.7 Å². The maximum Gasteiger partial charge on any atom is 0.0501 e. The Morgan fingerprint density at radius 3 is 2.50 bits per heavy atom. The van der Waals surface area contributed by atoms with Crippen molar-refractivity contribution in [2.75, 3.05) is 0 Å². The third kappa shape index (κ3) is 1.73. The maximum atomic E-state index is 3.56. The topological polar surface area (TPSA) is 31.6 Å². The van der Waals surface area contributed by atoms with Gasteiger partial charge in [0.2, 0.25) is 0 Å². The van der Waals surface area contributed by atoms with E-state index in [4.69, 9.17) is 0 Å². The number of fused-ring (bicyclic) bond motifs is 3. The van der Waals surface area contributed by atoms with Crippen LogP contribution in [-0.4, -0.2) is 9.97 Å². The van der Waals surface area contributed by atoms with Gasteiger partial charge >= 0.3 is 0 Å². The number of rotatable bonds is 2. The van der Waals surface area contributed by atoms with Crippen molar-refractivity contribution in [1.29, 1.82) is 0 Å². The van der Waals surface area contributed by atoms with Crippen molar-refractivity contribution >= 4 is 21.8 Å². The zero-order chi connectivity index (χ0) is 13.5. The molecule has 0 amide bonds. The molecule has 2 aromatic heterocycles. The van der Waals surface area contributed by atoms with Gasteiger partial charge in [0.15, 0.2) is 0 Å². The number of benzene rings is 2. The first kappa shape index (κ1) is 11.4. The first-order valence-electron chi connectivity index (χ1n) is 6.94. The van der Waals surface area contributed by atoms with Crippen LogP contribution in [0.4, 0.5) is 0 Å². The van der Waals surface area contributed by atoms with Gasteiger partial charge in [-0.15, -0.1) is 0 Å². The zero-order valence-corrected chi connectivity index (χ0v) is 11.4. The molecule has 0 unspecified atom stereocenters. The lowest BCUT2D eigenvalue weighted by Gasteiger charge is -2.02. The molecular weight excluding hydrogens is 244 g/mol. The standard InChI is InChI=1S/C18H16N2/c1-12-9-10-14(19-12)11-13-5-4-7-16-15-6-2-3-8-17(15)20-18(13)16/h2-10,19-20H,11H2,1H3. The minimum atomic E-state index is 0.929. The van der Waals surface area contributed by atoms with E-state index < -0.39 is 0 Å². The molecule has 0 saturated heterocycles. The van der Waals surface area contributed by atoms with E-state index in [0.29, 0.717) is 0 Å². The smallest absolute Gasteiger partial charge is 0.0501 e. The van der Waals surface area contributed by atoms with Gasteiger partial charge < -0.3 is 9.97 Å². The van der Waals surface area contributed by atoms with Gasteiger partial charge in [-0.1, -0.05) is 36.4 Å². The lowest BCUT2D eigenvalue weighted by molar-refractivity contribution is 1.09. The van der Waals surface area contributed by atoms with Crippen molar-refractivity contribution in [1.82, 2.24) is 9.97 Å². The SMILES string of the molecule is Cc1ccc(Cc2cccc3c2[nH]c2ccccc23)[nH]1. The van der Waals surface area contributed by atoms with Crippen LogP contribution in [0.25, 0.3) is 21.8 Å². The lowest BCUT2D eigenvalue weighted by atomic mass is 10.1. The van der Waals surface area contributed by atoms with Crippen molar-refractivity contribution in [3.63, 3.8) is 0 Å². The number of hydrogen-bond donors (Lipinski definition) is 2. The molecule has 4 aromatic rings. The number of nitrogens with one attached hydrogen (secondary N) is 2. The van der Waals surface area contributed by atoms with Gasteiger partial charge in [0.25, 0.3) is 0 Å². The largest absolute Gasteiger partial charge is 0.362 e. The number of para-hydroxylation sites is 2. The van der Waals surface area contributed by atoms with Crippen LogP contribution in [0.3, 0.4) is 0 Å². The van der Waals surface area contributed by atoms with Crippen molar-refractivity contribution in [3.05, 3.63) is 71.5 Å². The zero-order valence-electron chi connectivity index (χ0n) is 11.4. The molecule has 2 N–H and O–H groups in total. The Bertz CT molecular complexity index is 896. The molecule has 0 saturated carbocycles. The van der Waals surface area contributed by atoms with E-state index in [0.717, 1.165) is 6.42 Å². The Morgan fingerprint density at radius 2 is 1.65 bits per heavy atom. The molecule has 2 aromatic carbocycles. The first-order chi connectivity index (χ1) is 9.81. The fourth-order valence-electron chi connectivity index (χ4n) is 2.95. The summed E-state index contributed by atoms with van der Waals surface area (Å²) in [5, 5.41) is 2.60. The van der Waals surface area contributed by atoms with Crippen molar-refractivity contribution in [2.24, 2.45) is 0 Å². The molecule has 0 bridgehead atoms. The van der Waals surface area contributed by atoms with Gasteiger partial charge in [0.1, 0.15) is 0 Å². The Morgan fingerprint density at radius 1 is 0.800 bits per heavy atom. The van der Waals surface area contributed by atoms with E-state index in [2.05, 4.69) is 71.5 Å². The van der Waals surface area contributed by atoms with Crippen LogP contribution in [0.2, 0.25) is 0 Å². The number of H-pyrrole nitrogens is 2. The van der Waals surface area contributed by atoms with Crippen molar-refractivity contribution < 1.29 is 0 Å². The predicted molar refractivity (Wildman–Crippen MR) is 84.1 cm³/mol. The maximum absolute atomic E-state index is 3.56. The monoisotopic (exact) mass is 260 g/mol. The van der Waals surface area contributed by atoms with Gasteiger partial charge in [-0.25, -0.2) is 0 Å². The van der Waals surface area contributed by atoms with Crippen LogP contribution in [0.5, 0.6) is 0 Å². The summed E-state index contributed by atoms with van der Waals surface area (Å²) in [5.74, 6) is 0. The van der Waals surface area contributed by atoms with Gasteiger partial charge in [-0.2, -0.15) is 0 Å². The molecule has 4 rings (SSSR count). The molecule has 0 fully saturated rings. The summed E-state index contributed by atoms with van der Waals surface area (Å²) in [6.45, 7) is 2.09. The number of aromatic amines is 2. The molecule has 0 radical (unpaired) electrons.